The van der Waals surface area contributed by atoms with Gasteiger partial charge in [-0.05, 0) is 70.8 Å². The first-order chi connectivity index (χ1) is 29.3. The van der Waals surface area contributed by atoms with Crippen molar-refractivity contribution in [1.82, 2.24) is 15.0 Å². The second kappa shape index (κ2) is 14.8. The van der Waals surface area contributed by atoms with Gasteiger partial charge in [0, 0.05) is 51.8 Å². The standard InChI is InChI=1S/C47H40F6N4O4/c1-5-44(6-2)35-10-8-7-9-31(35)38-33-25-36(58-3)37(59-4)26-34(33)40-32(39(38)44)19-20-45(61-40,29-15-17-30(18-16-29)57-21-23-60-24-22-57)28-13-11-27(12-14-28)41-54-42(46(48,49)50)56-43(55-41)47(51,52)53/h7-20,25-26H,5-6,21-24H2,1-4H3. The van der Waals surface area contributed by atoms with Gasteiger partial charge < -0.3 is 23.8 Å². The number of hydrogen-bond acceptors (Lipinski definition) is 8. The highest BCUT2D eigenvalue weighted by Gasteiger charge is 2.47. The Hall–Kier alpha value is -6.15. The number of rotatable bonds is 8. The van der Waals surface area contributed by atoms with Crippen molar-refractivity contribution >= 4 is 22.5 Å². The minimum absolute atomic E-state index is 0.0753. The molecule has 1 unspecified atom stereocenters. The van der Waals surface area contributed by atoms with Crippen LogP contribution in [0.1, 0.15) is 66.2 Å². The van der Waals surface area contributed by atoms with Gasteiger partial charge in [-0.15, -0.1) is 0 Å². The normalized spacial score (nSPS) is 18.0. The van der Waals surface area contributed by atoms with Crippen molar-refractivity contribution in [1.29, 1.82) is 0 Å². The minimum atomic E-state index is -5.24. The van der Waals surface area contributed by atoms with Crippen LogP contribution in [-0.4, -0.2) is 55.5 Å². The van der Waals surface area contributed by atoms with Crippen LogP contribution in [0.15, 0.2) is 91.0 Å². The van der Waals surface area contributed by atoms with Gasteiger partial charge in [0.25, 0.3) is 0 Å². The van der Waals surface area contributed by atoms with Gasteiger partial charge in [-0.1, -0.05) is 80.6 Å². The number of anilines is 1. The lowest BCUT2D eigenvalue weighted by atomic mass is 9.71. The number of halogens is 6. The van der Waals surface area contributed by atoms with E-state index in [2.05, 4.69) is 58.0 Å². The molecule has 0 saturated carbocycles. The first kappa shape index (κ1) is 40.3. The Kier molecular flexibility index (Phi) is 9.76. The summed E-state index contributed by atoms with van der Waals surface area (Å²) in [4.78, 5) is 11.7. The number of aromatic nitrogens is 3. The fourth-order valence-electron chi connectivity index (χ4n) is 9.32. The van der Waals surface area contributed by atoms with Crippen molar-refractivity contribution in [3.63, 3.8) is 0 Å². The summed E-state index contributed by atoms with van der Waals surface area (Å²) in [5.41, 5.74) is 5.95. The third kappa shape index (κ3) is 6.45. The molecule has 6 aromatic rings. The van der Waals surface area contributed by atoms with Crippen LogP contribution < -0.4 is 19.1 Å². The number of methoxy groups -OCH3 is 2. The lowest BCUT2D eigenvalue weighted by Gasteiger charge is -2.39. The molecule has 1 aromatic heterocycles. The van der Waals surface area contributed by atoms with Gasteiger partial charge in [0.1, 0.15) is 5.75 Å². The average molecular weight is 839 g/mol. The Morgan fingerprint density at radius 3 is 1.87 bits per heavy atom. The molecular formula is C47H40F6N4O4. The van der Waals surface area contributed by atoms with Crippen LogP contribution >= 0.6 is 0 Å². The van der Waals surface area contributed by atoms with Crippen molar-refractivity contribution in [2.24, 2.45) is 0 Å². The largest absolute Gasteiger partial charge is 0.493 e. The Morgan fingerprint density at radius 1 is 0.721 bits per heavy atom. The SMILES string of the molecule is CCC1(CC)c2ccccc2-c2c1c1c(c3cc(OC)c(OC)cc23)OC(c2ccc(-c3nc(C(F)(F)F)nc(C(F)(F)F)n3)cc2)(c2ccc(N3CCOCC3)cc2)C=C1. The molecule has 14 heteroatoms. The zero-order valence-electron chi connectivity index (χ0n) is 33.7. The first-order valence-corrected chi connectivity index (χ1v) is 19.9. The third-order valence-electron chi connectivity index (χ3n) is 12.3. The zero-order valence-corrected chi connectivity index (χ0v) is 33.7. The van der Waals surface area contributed by atoms with E-state index in [0.717, 1.165) is 70.2 Å². The molecule has 1 aliphatic carbocycles. The van der Waals surface area contributed by atoms with Crippen LogP contribution in [0.2, 0.25) is 0 Å². The fraction of sp³-hybridized carbons (Fsp3) is 0.298. The molecule has 314 valence electrons. The molecule has 8 nitrogen and oxygen atoms in total. The van der Waals surface area contributed by atoms with Crippen molar-refractivity contribution in [2.45, 2.75) is 50.1 Å². The lowest BCUT2D eigenvalue weighted by molar-refractivity contribution is -0.155. The van der Waals surface area contributed by atoms with Crippen molar-refractivity contribution in [2.75, 3.05) is 45.4 Å². The summed E-state index contributed by atoms with van der Waals surface area (Å²) in [5.74, 6) is -3.02. The van der Waals surface area contributed by atoms with Crippen molar-refractivity contribution < 1.29 is 45.3 Å². The van der Waals surface area contributed by atoms with Crippen LogP contribution in [0.25, 0.3) is 39.4 Å². The van der Waals surface area contributed by atoms with Crippen LogP contribution in [0.4, 0.5) is 32.0 Å². The first-order valence-electron chi connectivity index (χ1n) is 19.9. The summed E-state index contributed by atoms with van der Waals surface area (Å²) in [6.45, 7) is 7.03. The third-order valence-corrected chi connectivity index (χ3v) is 12.3. The molecule has 0 amide bonds. The van der Waals surface area contributed by atoms with Gasteiger partial charge in [-0.2, -0.15) is 26.3 Å². The summed E-state index contributed by atoms with van der Waals surface area (Å²) in [5, 5.41) is 1.67. The Morgan fingerprint density at radius 2 is 1.30 bits per heavy atom. The highest BCUT2D eigenvalue weighted by Crippen LogP contribution is 2.61. The molecule has 1 atom stereocenters. The van der Waals surface area contributed by atoms with E-state index in [4.69, 9.17) is 18.9 Å². The maximum atomic E-state index is 13.8. The monoisotopic (exact) mass is 838 g/mol. The predicted octanol–water partition coefficient (Wildman–Crippen LogP) is 11.0. The zero-order chi connectivity index (χ0) is 42.9. The molecule has 0 radical (unpaired) electrons. The van der Waals surface area contributed by atoms with Gasteiger partial charge in [0.2, 0.25) is 11.6 Å². The van der Waals surface area contributed by atoms with E-state index in [1.54, 1.807) is 26.4 Å². The van der Waals surface area contributed by atoms with E-state index in [0.29, 0.717) is 36.0 Å². The molecule has 3 aliphatic rings. The number of alkyl halides is 6. The van der Waals surface area contributed by atoms with E-state index in [1.165, 1.54) is 17.7 Å². The highest BCUT2D eigenvalue weighted by atomic mass is 19.4. The Bertz CT molecular complexity index is 2660. The predicted molar refractivity (Wildman–Crippen MR) is 219 cm³/mol. The molecule has 1 saturated heterocycles. The van der Waals surface area contributed by atoms with Gasteiger partial charge in [0.05, 0.1) is 27.4 Å². The number of benzene rings is 5. The molecule has 0 N–H and O–H groups in total. The summed E-state index contributed by atoms with van der Waals surface area (Å²) >= 11 is 0. The summed E-state index contributed by atoms with van der Waals surface area (Å²) in [6, 6.07) is 26.3. The number of ether oxygens (including phenoxy) is 4. The highest BCUT2D eigenvalue weighted by molar-refractivity contribution is 6.09. The molecule has 5 aromatic carbocycles. The second-order valence-electron chi connectivity index (χ2n) is 15.3. The van der Waals surface area contributed by atoms with E-state index in [1.807, 2.05) is 48.5 Å². The topological polar surface area (TPSA) is 78.8 Å². The van der Waals surface area contributed by atoms with E-state index >= 15 is 0 Å². The Labute approximate surface area is 347 Å². The second-order valence-corrected chi connectivity index (χ2v) is 15.3. The smallest absolute Gasteiger partial charge is 0.451 e. The summed E-state index contributed by atoms with van der Waals surface area (Å²) in [7, 11) is 3.17. The molecule has 0 bridgehead atoms. The van der Waals surface area contributed by atoms with Crippen LogP contribution in [-0.2, 0) is 28.1 Å². The van der Waals surface area contributed by atoms with Gasteiger partial charge in [-0.3, -0.25) is 0 Å². The fourth-order valence-corrected chi connectivity index (χ4v) is 9.32. The quantitative estimate of drug-likeness (QED) is 0.140. The lowest BCUT2D eigenvalue weighted by Crippen LogP contribution is -2.37. The van der Waals surface area contributed by atoms with Crippen LogP contribution in [0.3, 0.4) is 0 Å². The maximum Gasteiger partial charge on any atom is 0.451 e. The number of morpholine rings is 1. The minimum Gasteiger partial charge on any atom is -0.493 e. The van der Waals surface area contributed by atoms with Crippen molar-refractivity contribution in [3.05, 3.63) is 130 Å². The van der Waals surface area contributed by atoms with Gasteiger partial charge >= 0.3 is 12.4 Å². The van der Waals surface area contributed by atoms with Gasteiger partial charge in [0.15, 0.2) is 22.9 Å². The molecule has 61 heavy (non-hydrogen) atoms. The van der Waals surface area contributed by atoms with Crippen LogP contribution in [0, 0.1) is 0 Å². The molecular weight excluding hydrogens is 799 g/mol. The average Bonchev–Trinajstić information content (AvgIpc) is 3.59. The number of hydrogen-bond donors (Lipinski definition) is 0. The van der Waals surface area contributed by atoms with Crippen molar-refractivity contribution in [3.8, 4) is 39.8 Å². The number of nitrogens with zero attached hydrogens (tertiary/aromatic N) is 4. The van der Waals surface area contributed by atoms with E-state index in [9.17, 15) is 26.3 Å². The van der Waals surface area contributed by atoms with Crippen LogP contribution in [0.5, 0.6) is 17.2 Å². The summed E-state index contributed by atoms with van der Waals surface area (Å²) < 4.78 is 107. The van der Waals surface area contributed by atoms with Gasteiger partial charge in [-0.25, -0.2) is 15.0 Å². The molecule has 2 aliphatic heterocycles. The molecule has 1 fully saturated rings. The summed E-state index contributed by atoms with van der Waals surface area (Å²) in [6.07, 6.45) is -4.80. The molecule has 9 rings (SSSR count). The van der Waals surface area contributed by atoms with E-state index in [-0.39, 0.29) is 11.0 Å². The molecule has 0 spiro atoms. The molecule has 3 heterocycles. The Balaban J connectivity index is 1.27. The van der Waals surface area contributed by atoms with E-state index < -0.39 is 35.4 Å². The number of fused-ring (bicyclic) bond motifs is 8. The maximum absolute atomic E-state index is 13.8.